The van der Waals surface area contributed by atoms with Gasteiger partial charge in [0.2, 0.25) is 6.79 Å². The molecule has 1 amide bonds. The molecule has 0 saturated heterocycles. The minimum atomic E-state index is -1.06. The summed E-state index contributed by atoms with van der Waals surface area (Å²) in [5.41, 5.74) is 0.814. The highest BCUT2D eigenvalue weighted by Gasteiger charge is 2.19. The van der Waals surface area contributed by atoms with E-state index in [1.165, 1.54) is 24.6 Å². The number of nitrogens with zero attached hydrogens (tertiary/aromatic N) is 2. The second kappa shape index (κ2) is 5.64. The largest absolute Gasteiger partial charge is 0.480 e. The summed E-state index contributed by atoms with van der Waals surface area (Å²) >= 11 is 1.20. The van der Waals surface area contributed by atoms with Crippen molar-refractivity contribution in [3.05, 3.63) is 29.3 Å². The predicted molar refractivity (Wildman–Crippen MR) is 78.3 cm³/mol. The average molecular weight is 320 g/mol. The van der Waals surface area contributed by atoms with E-state index in [1.807, 2.05) is 6.07 Å². The fraction of sp³-hybridized carbons (Fsp3) is 0.214. The zero-order valence-corrected chi connectivity index (χ0v) is 12.4. The number of benzene rings is 1. The molecule has 1 N–H and O–H groups in total. The van der Waals surface area contributed by atoms with Crippen LogP contribution in [0.3, 0.4) is 0 Å². The Morgan fingerprint density at radius 1 is 1.36 bits per heavy atom. The summed E-state index contributed by atoms with van der Waals surface area (Å²) in [6, 6.07) is 5.43. The molecule has 1 aromatic carbocycles. The van der Waals surface area contributed by atoms with E-state index in [-0.39, 0.29) is 19.2 Å². The molecular weight excluding hydrogens is 308 g/mol. The molecule has 0 radical (unpaired) electrons. The quantitative estimate of drug-likeness (QED) is 0.922. The number of likely N-dealkylation sites (N-methyl/N-ethyl adjacent to an activating group) is 1. The first kappa shape index (κ1) is 14.3. The lowest BCUT2D eigenvalue weighted by molar-refractivity contribution is -0.137. The van der Waals surface area contributed by atoms with Crippen LogP contribution in [0.4, 0.5) is 0 Å². The number of rotatable bonds is 4. The minimum absolute atomic E-state index is 0.195. The van der Waals surface area contributed by atoms with Gasteiger partial charge in [0, 0.05) is 12.6 Å². The number of carboxylic acid groups (broad SMARTS) is 1. The lowest BCUT2D eigenvalue weighted by Crippen LogP contribution is -2.31. The zero-order chi connectivity index (χ0) is 15.7. The van der Waals surface area contributed by atoms with E-state index in [0.717, 1.165) is 10.5 Å². The summed E-state index contributed by atoms with van der Waals surface area (Å²) in [5, 5.41) is 9.38. The number of amides is 1. The van der Waals surface area contributed by atoms with Crippen molar-refractivity contribution in [3.8, 4) is 22.1 Å². The van der Waals surface area contributed by atoms with E-state index in [2.05, 4.69) is 4.98 Å². The fourth-order valence-corrected chi connectivity index (χ4v) is 2.91. The predicted octanol–water partition coefficient (Wildman–Crippen LogP) is 1.70. The number of carbonyl (C=O) groups excluding carboxylic acids is 1. The van der Waals surface area contributed by atoms with Crippen molar-refractivity contribution in [2.24, 2.45) is 0 Å². The van der Waals surface area contributed by atoms with Crippen molar-refractivity contribution in [2.45, 2.75) is 0 Å². The summed E-state index contributed by atoms with van der Waals surface area (Å²) in [4.78, 5) is 28.5. The molecule has 1 aromatic heterocycles. The maximum Gasteiger partial charge on any atom is 0.323 e. The van der Waals surface area contributed by atoms with E-state index < -0.39 is 5.97 Å². The summed E-state index contributed by atoms with van der Waals surface area (Å²) in [6.45, 7) is -0.156. The molecule has 0 saturated carbocycles. The molecule has 0 unspecified atom stereocenters. The molecule has 0 atom stereocenters. The molecule has 1 aliphatic heterocycles. The smallest absolute Gasteiger partial charge is 0.323 e. The van der Waals surface area contributed by atoms with Gasteiger partial charge in [-0.1, -0.05) is 0 Å². The number of ether oxygens (including phenoxy) is 2. The van der Waals surface area contributed by atoms with Gasteiger partial charge in [-0.25, -0.2) is 4.98 Å². The number of hydrogen-bond acceptors (Lipinski definition) is 6. The van der Waals surface area contributed by atoms with E-state index in [0.29, 0.717) is 21.4 Å². The van der Waals surface area contributed by atoms with Crippen LogP contribution < -0.4 is 9.47 Å². The molecule has 3 rings (SSSR count). The van der Waals surface area contributed by atoms with Crippen molar-refractivity contribution < 1.29 is 24.2 Å². The molecular formula is C14H12N2O5S. The van der Waals surface area contributed by atoms with Crippen molar-refractivity contribution in [2.75, 3.05) is 20.4 Å². The molecule has 8 heteroatoms. The molecule has 1 aliphatic rings. The second-order valence-corrected chi connectivity index (χ2v) is 5.68. The lowest BCUT2D eigenvalue weighted by Gasteiger charge is -2.12. The third-order valence-corrected chi connectivity index (χ3v) is 4.09. The van der Waals surface area contributed by atoms with Crippen LogP contribution in [0, 0.1) is 0 Å². The highest BCUT2D eigenvalue weighted by Crippen LogP contribution is 2.37. The highest BCUT2D eigenvalue weighted by atomic mass is 32.1. The maximum absolute atomic E-state index is 12.1. The summed E-state index contributed by atoms with van der Waals surface area (Å²) in [6.07, 6.45) is 1.45. The van der Waals surface area contributed by atoms with Gasteiger partial charge in [0.1, 0.15) is 16.4 Å². The summed E-state index contributed by atoms with van der Waals surface area (Å²) in [5.74, 6) is -0.107. The molecule has 22 heavy (non-hydrogen) atoms. The average Bonchev–Trinajstić information content (AvgIpc) is 3.13. The van der Waals surface area contributed by atoms with Crippen LogP contribution in [-0.4, -0.2) is 47.3 Å². The van der Waals surface area contributed by atoms with Gasteiger partial charge < -0.3 is 19.5 Å². The van der Waals surface area contributed by atoms with Gasteiger partial charge in [-0.2, -0.15) is 0 Å². The third-order valence-electron chi connectivity index (χ3n) is 3.06. The van der Waals surface area contributed by atoms with Gasteiger partial charge in [-0.3, -0.25) is 9.59 Å². The molecule has 0 fully saturated rings. The monoisotopic (exact) mass is 320 g/mol. The van der Waals surface area contributed by atoms with Gasteiger partial charge >= 0.3 is 5.97 Å². The zero-order valence-electron chi connectivity index (χ0n) is 11.6. The molecule has 114 valence electrons. The van der Waals surface area contributed by atoms with Crippen molar-refractivity contribution in [1.29, 1.82) is 0 Å². The van der Waals surface area contributed by atoms with Crippen LogP contribution in [0.5, 0.6) is 11.5 Å². The standard InChI is InChI=1S/C14H12N2O5S/c1-16(6-12(17)18)14(19)11-5-15-13(22-11)8-2-3-9-10(4-8)21-7-20-9/h2-5H,6-7H2,1H3,(H,17,18). The molecule has 0 spiro atoms. The van der Waals surface area contributed by atoms with Gasteiger partial charge in [-0.15, -0.1) is 11.3 Å². The fourth-order valence-electron chi connectivity index (χ4n) is 2.00. The van der Waals surface area contributed by atoms with Gasteiger partial charge in [-0.05, 0) is 18.2 Å². The Morgan fingerprint density at radius 2 is 2.14 bits per heavy atom. The van der Waals surface area contributed by atoms with Crippen molar-refractivity contribution in [1.82, 2.24) is 9.88 Å². The number of aromatic nitrogens is 1. The van der Waals surface area contributed by atoms with Crippen molar-refractivity contribution >= 4 is 23.2 Å². The topological polar surface area (TPSA) is 89.0 Å². The Morgan fingerprint density at radius 3 is 2.91 bits per heavy atom. The van der Waals surface area contributed by atoms with Crippen LogP contribution >= 0.6 is 11.3 Å². The number of hydrogen-bond donors (Lipinski definition) is 1. The minimum Gasteiger partial charge on any atom is -0.480 e. The number of carbonyl (C=O) groups is 2. The summed E-state index contributed by atoms with van der Waals surface area (Å²) in [7, 11) is 1.44. The molecule has 0 bridgehead atoms. The number of carboxylic acids is 1. The SMILES string of the molecule is CN(CC(=O)O)C(=O)c1cnc(-c2ccc3c(c2)OCO3)s1. The first-order valence-electron chi connectivity index (χ1n) is 6.37. The Labute approximate surface area is 129 Å². The van der Waals surface area contributed by atoms with E-state index in [1.54, 1.807) is 12.1 Å². The first-order valence-corrected chi connectivity index (χ1v) is 7.19. The number of aliphatic carboxylic acids is 1. The van der Waals surface area contributed by atoms with Crippen molar-refractivity contribution in [3.63, 3.8) is 0 Å². The van der Waals surface area contributed by atoms with E-state index >= 15 is 0 Å². The lowest BCUT2D eigenvalue weighted by atomic mass is 10.2. The van der Waals surface area contributed by atoms with Gasteiger partial charge in [0.15, 0.2) is 11.5 Å². The van der Waals surface area contributed by atoms with Gasteiger partial charge in [0.25, 0.3) is 5.91 Å². The Bertz CT molecular complexity index is 743. The first-order chi connectivity index (χ1) is 10.5. The van der Waals surface area contributed by atoms with Crippen LogP contribution in [0.25, 0.3) is 10.6 Å². The van der Waals surface area contributed by atoms with Gasteiger partial charge in [0.05, 0.1) is 6.20 Å². The Kier molecular flexibility index (Phi) is 3.68. The van der Waals surface area contributed by atoms with Crippen LogP contribution in [-0.2, 0) is 4.79 Å². The molecule has 2 heterocycles. The normalized spacial score (nSPS) is 12.2. The maximum atomic E-state index is 12.1. The molecule has 0 aliphatic carbocycles. The Balaban J connectivity index is 1.81. The second-order valence-electron chi connectivity index (χ2n) is 4.65. The van der Waals surface area contributed by atoms with Crippen LogP contribution in [0.15, 0.2) is 24.4 Å². The summed E-state index contributed by atoms with van der Waals surface area (Å²) < 4.78 is 10.6. The van der Waals surface area contributed by atoms with Crippen LogP contribution in [0.2, 0.25) is 0 Å². The van der Waals surface area contributed by atoms with E-state index in [4.69, 9.17) is 14.6 Å². The molecule has 7 nitrogen and oxygen atoms in total. The number of fused-ring (bicyclic) bond motifs is 1. The highest BCUT2D eigenvalue weighted by molar-refractivity contribution is 7.16. The number of thiazole rings is 1. The molecule has 2 aromatic rings. The van der Waals surface area contributed by atoms with E-state index in [9.17, 15) is 9.59 Å². The Hall–Kier alpha value is -2.61. The third kappa shape index (κ3) is 2.73. The van der Waals surface area contributed by atoms with Crippen LogP contribution in [0.1, 0.15) is 9.67 Å².